The van der Waals surface area contributed by atoms with Crippen LogP contribution in [0.4, 0.5) is 0 Å². The second kappa shape index (κ2) is 10.1. The maximum Gasteiger partial charge on any atom is 0.266 e. The van der Waals surface area contributed by atoms with Gasteiger partial charge in [-0.25, -0.2) is 8.42 Å². The van der Waals surface area contributed by atoms with Gasteiger partial charge < -0.3 is 9.47 Å². The van der Waals surface area contributed by atoms with Crippen molar-refractivity contribution >= 4 is 56.2 Å². The first-order valence-corrected chi connectivity index (χ1v) is 13.0. The van der Waals surface area contributed by atoms with Crippen LogP contribution in [0.15, 0.2) is 52.3 Å². The van der Waals surface area contributed by atoms with Crippen LogP contribution >= 0.6 is 24.0 Å². The van der Waals surface area contributed by atoms with Crippen LogP contribution in [0.1, 0.15) is 24.0 Å². The van der Waals surface area contributed by atoms with Crippen molar-refractivity contribution in [3.05, 3.63) is 58.5 Å². The fourth-order valence-corrected chi connectivity index (χ4v) is 5.38. The van der Waals surface area contributed by atoms with E-state index in [2.05, 4.69) is 10.3 Å². The number of fused-ring (bicyclic) bond motifs is 1. The smallest absolute Gasteiger partial charge is 0.266 e. The van der Waals surface area contributed by atoms with Crippen LogP contribution < -0.4 is 19.7 Å². The Balaban J connectivity index is 1.27. The van der Waals surface area contributed by atoms with E-state index in [1.807, 2.05) is 13.0 Å². The summed E-state index contributed by atoms with van der Waals surface area (Å²) in [5, 5.41) is 0. The number of carbonyl (C=O) groups excluding carboxylic acids is 2. The Bertz CT molecular complexity index is 1280. The molecule has 9 nitrogen and oxygen atoms in total. The summed E-state index contributed by atoms with van der Waals surface area (Å²) in [6.45, 7) is 2.25. The van der Waals surface area contributed by atoms with Crippen molar-refractivity contribution in [2.45, 2.75) is 24.7 Å². The second-order valence-electron chi connectivity index (χ2n) is 7.52. The van der Waals surface area contributed by atoms with Gasteiger partial charge in [-0.2, -0.15) is 0 Å². The van der Waals surface area contributed by atoms with Crippen LogP contribution in [0, 0.1) is 6.92 Å². The van der Waals surface area contributed by atoms with Gasteiger partial charge in [0, 0.05) is 13.0 Å². The molecule has 1 fully saturated rings. The predicted octanol–water partition coefficient (Wildman–Crippen LogP) is 2.71. The number of thioether (sulfide) groups is 1. The van der Waals surface area contributed by atoms with E-state index >= 15 is 0 Å². The molecule has 0 aromatic heterocycles. The standard InChI is InChI=1S/C22H21N3O6S3/c1-14-4-7-16(8-5-14)34(28,29)24-23-20(26)3-2-10-25-21(27)19(33-22(25)32)12-15-6-9-17-18(11-15)31-13-30-17/h4-9,11-12,24H,2-3,10,13H2,1H3,(H,23,26)/b19-12-. The molecule has 0 unspecified atom stereocenters. The van der Waals surface area contributed by atoms with Crippen LogP contribution in [-0.4, -0.2) is 42.8 Å². The third-order valence-electron chi connectivity index (χ3n) is 5.01. The number of rotatable bonds is 8. The first kappa shape index (κ1) is 24.2. The number of amides is 2. The SMILES string of the molecule is Cc1ccc(S(=O)(=O)NNC(=O)CCCN2C(=O)/C(=C/c3ccc4c(c3)OCO4)SC2=S)cc1. The van der Waals surface area contributed by atoms with Crippen molar-refractivity contribution in [2.75, 3.05) is 13.3 Å². The minimum Gasteiger partial charge on any atom is -0.454 e. The number of nitrogens with zero attached hydrogens (tertiary/aromatic N) is 1. The fourth-order valence-electron chi connectivity index (χ4n) is 3.21. The quantitative estimate of drug-likeness (QED) is 0.311. The van der Waals surface area contributed by atoms with Crippen LogP contribution in [0.2, 0.25) is 0 Å². The molecule has 178 valence electrons. The van der Waals surface area contributed by atoms with Gasteiger partial charge in [-0.05, 0) is 49.2 Å². The zero-order valence-corrected chi connectivity index (χ0v) is 20.5. The highest BCUT2D eigenvalue weighted by molar-refractivity contribution is 8.26. The van der Waals surface area contributed by atoms with Crippen LogP contribution in [0.5, 0.6) is 11.5 Å². The zero-order valence-electron chi connectivity index (χ0n) is 18.1. The first-order chi connectivity index (χ1) is 16.2. The first-order valence-electron chi connectivity index (χ1n) is 10.3. The van der Waals surface area contributed by atoms with Gasteiger partial charge in [-0.3, -0.25) is 19.9 Å². The lowest BCUT2D eigenvalue weighted by Crippen LogP contribution is -2.41. The van der Waals surface area contributed by atoms with Gasteiger partial charge >= 0.3 is 0 Å². The van der Waals surface area contributed by atoms with E-state index < -0.39 is 15.9 Å². The number of aryl methyl sites for hydroxylation is 1. The molecule has 4 rings (SSSR count). The van der Waals surface area contributed by atoms with Crippen molar-refractivity contribution in [1.82, 2.24) is 15.2 Å². The molecule has 0 bridgehead atoms. The summed E-state index contributed by atoms with van der Waals surface area (Å²) in [7, 11) is -3.87. The molecule has 2 amide bonds. The molecule has 2 aliphatic heterocycles. The highest BCUT2D eigenvalue weighted by Gasteiger charge is 2.31. The average Bonchev–Trinajstić information content (AvgIpc) is 3.37. The summed E-state index contributed by atoms with van der Waals surface area (Å²) in [6.07, 6.45) is 2.05. The third kappa shape index (κ3) is 5.58. The second-order valence-corrected chi connectivity index (χ2v) is 10.9. The van der Waals surface area contributed by atoms with E-state index in [-0.39, 0.29) is 30.6 Å². The average molecular weight is 520 g/mol. The lowest BCUT2D eigenvalue weighted by molar-refractivity contribution is -0.124. The highest BCUT2D eigenvalue weighted by Crippen LogP contribution is 2.36. The Morgan fingerprint density at radius 1 is 1.18 bits per heavy atom. The molecular weight excluding hydrogens is 498 g/mol. The molecule has 2 N–H and O–H groups in total. The minimum absolute atomic E-state index is 0.00862. The summed E-state index contributed by atoms with van der Waals surface area (Å²) in [5.74, 6) is 0.516. The van der Waals surface area contributed by atoms with Crippen molar-refractivity contribution in [3.63, 3.8) is 0 Å². The number of benzene rings is 2. The van der Waals surface area contributed by atoms with Gasteiger partial charge in [0.05, 0.1) is 9.80 Å². The summed E-state index contributed by atoms with van der Waals surface area (Å²) in [6, 6.07) is 11.6. The van der Waals surface area contributed by atoms with E-state index in [0.717, 1.165) is 11.1 Å². The Labute approximate surface area is 206 Å². The topological polar surface area (TPSA) is 114 Å². The van der Waals surface area contributed by atoms with Crippen LogP contribution in [-0.2, 0) is 19.6 Å². The largest absolute Gasteiger partial charge is 0.454 e. The molecule has 2 aliphatic rings. The number of ether oxygens (including phenoxy) is 2. The molecule has 0 aliphatic carbocycles. The highest BCUT2D eigenvalue weighted by atomic mass is 32.2. The molecule has 0 saturated carbocycles. The number of nitrogens with one attached hydrogen (secondary N) is 2. The summed E-state index contributed by atoms with van der Waals surface area (Å²) < 4.78 is 35.5. The number of sulfonamides is 1. The monoisotopic (exact) mass is 519 g/mol. The van der Waals surface area contributed by atoms with Crippen LogP contribution in [0.25, 0.3) is 6.08 Å². The Morgan fingerprint density at radius 2 is 1.91 bits per heavy atom. The summed E-state index contributed by atoms with van der Waals surface area (Å²) in [4.78, 5) is 28.9. The molecule has 0 atom stereocenters. The van der Waals surface area contributed by atoms with Gasteiger partial charge in [0.15, 0.2) is 11.5 Å². The summed E-state index contributed by atoms with van der Waals surface area (Å²) >= 11 is 6.51. The Morgan fingerprint density at radius 3 is 2.68 bits per heavy atom. The number of hydrogen-bond donors (Lipinski definition) is 2. The van der Waals surface area contributed by atoms with E-state index in [9.17, 15) is 18.0 Å². The van der Waals surface area contributed by atoms with Gasteiger partial charge in [0.25, 0.3) is 15.9 Å². The van der Waals surface area contributed by atoms with Crippen molar-refractivity contribution in [1.29, 1.82) is 0 Å². The molecule has 1 saturated heterocycles. The van der Waals surface area contributed by atoms with E-state index in [1.165, 1.54) is 28.8 Å². The number of carbonyl (C=O) groups is 2. The molecular formula is C22H21N3O6S3. The van der Waals surface area contributed by atoms with Crippen molar-refractivity contribution in [2.24, 2.45) is 0 Å². The maximum atomic E-state index is 12.8. The van der Waals surface area contributed by atoms with E-state index in [1.54, 1.807) is 30.3 Å². The number of thiocarbonyl (C=S) groups is 1. The van der Waals surface area contributed by atoms with E-state index in [0.29, 0.717) is 27.1 Å². The maximum absolute atomic E-state index is 12.8. The molecule has 0 spiro atoms. The molecule has 34 heavy (non-hydrogen) atoms. The van der Waals surface area contributed by atoms with Gasteiger partial charge in [0.1, 0.15) is 4.32 Å². The van der Waals surface area contributed by atoms with Gasteiger partial charge in [0.2, 0.25) is 12.7 Å². The third-order valence-corrected chi connectivity index (χ3v) is 7.65. The predicted molar refractivity (Wildman–Crippen MR) is 131 cm³/mol. The normalized spacial score (nSPS) is 16.4. The molecule has 12 heteroatoms. The fraction of sp³-hybridized carbons (Fsp3) is 0.227. The summed E-state index contributed by atoms with van der Waals surface area (Å²) in [5.41, 5.74) is 3.90. The van der Waals surface area contributed by atoms with E-state index in [4.69, 9.17) is 21.7 Å². The van der Waals surface area contributed by atoms with Crippen molar-refractivity contribution < 1.29 is 27.5 Å². The van der Waals surface area contributed by atoms with Gasteiger partial charge in [-0.15, -0.1) is 4.83 Å². The minimum atomic E-state index is -3.87. The lowest BCUT2D eigenvalue weighted by Gasteiger charge is -2.14. The molecule has 2 heterocycles. The van der Waals surface area contributed by atoms with Crippen molar-refractivity contribution in [3.8, 4) is 11.5 Å². The molecule has 0 radical (unpaired) electrons. The lowest BCUT2D eigenvalue weighted by atomic mass is 10.2. The molecule has 2 aromatic carbocycles. The van der Waals surface area contributed by atoms with Crippen LogP contribution in [0.3, 0.4) is 0 Å². The zero-order chi connectivity index (χ0) is 24.3. The number of hydrogen-bond acceptors (Lipinski definition) is 8. The van der Waals surface area contributed by atoms with Gasteiger partial charge in [-0.1, -0.05) is 47.7 Å². The Hall–Kier alpha value is -2.93. The number of hydrazine groups is 1. The molecule has 2 aromatic rings. The Kier molecular flexibility index (Phi) is 7.22.